The summed E-state index contributed by atoms with van der Waals surface area (Å²) in [6.45, 7) is 6.07. The Morgan fingerprint density at radius 2 is 2.17 bits per heavy atom. The van der Waals surface area contributed by atoms with E-state index in [4.69, 9.17) is 4.74 Å². The van der Waals surface area contributed by atoms with Crippen molar-refractivity contribution >= 4 is 11.9 Å². The van der Waals surface area contributed by atoms with Gasteiger partial charge in [-0.1, -0.05) is 13.8 Å². The molecule has 5 heteroatoms. The van der Waals surface area contributed by atoms with Crippen LogP contribution in [0.25, 0.3) is 0 Å². The zero-order valence-corrected chi connectivity index (χ0v) is 11.6. The number of hydrogen-bond donors (Lipinski definition) is 1. The number of nitrogens with zero attached hydrogens (tertiary/aromatic N) is 1. The van der Waals surface area contributed by atoms with Crippen LogP contribution in [-0.4, -0.2) is 49.6 Å². The van der Waals surface area contributed by atoms with Crippen LogP contribution in [0.1, 0.15) is 33.1 Å². The van der Waals surface area contributed by atoms with E-state index in [-0.39, 0.29) is 23.8 Å². The van der Waals surface area contributed by atoms with E-state index < -0.39 is 0 Å². The van der Waals surface area contributed by atoms with Crippen molar-refractivity contribution in [1.29, 1.82) is 0 Å². The van der Waals surface area contributed by atoms with Crippen LogP contribution >= 0.6 is 0 Å². The molecule has 1 N–H and O–H groups in total. The first-order valence-corrected chi connectivity index (χ1v) is 6.70. The molecule has 0 bridgehead atoms. The lowest BCUT2D eigenvalue weighted by molar-refractivity contribution is -0.156. The molecule has 0 saturated carbocycles. The van der Waals surface area contributed by atoms with E-state index in [2.05, 4.69) is 5.32 Å². The Morgan fingerprint density at radius 1 is 1.44 bits per heavy atom. The molecule has 1 aliphatic rings. The molecule has 1 heterocycles. The Kier molecular flexibility index (Phi) is 6.12. The standard InChI is InChI=1S/C13H24N2O3/c1-4-14-9-10(2)12(16)15-8-6-5-7-11(15)13(17)18-3/h10-11,14H,4-9H2,1-3H3. The zero-order valence-electron chi connectivity index (χ0n) is 11.6. The lowest BCUT2D eigenvalue weighted by Gasteiger charge is -2.35. The third-order valence-corrected chi connectivity index (χ3v) is 3.38. The maximum absolute atomic E-state index is 12.3. The minimum Gasteiger partial charge on any atom is -0.467 e. The number of piperidine rings is 1. The highest BCUT2D eigenvalue weighted by Crippen LogP contribution is 2.20. The van der Waals surface area contributed by atoms with Gasteiger partial charge in [-0.2, -0.15) is 0 Å². The zero-order chi connectivity index (χ0) is 13.5. The number of carbonyl (C=O) groups excluding carboxylic acids is 2. The lowest BCUT2D eigenvalue weighted by atomic mass is 9.99. The third kappa shape index (κ3) is 3.70. The summed E-state index contributed by atoms with van der Waals surface area (Å²) in [7, 11) is 1.38. The summed E-state index contributed by atoms with van der Waals surface area (Å²) in [4.78, 5) is 25.7. The molecule has 104 valence electrons. The predicted octanol–water partition coefficient (Wildman–Crippen LogP) is 0.786. The van der Waals surface area contributed by atoms with Gasteiger partial charge in [0.1, 0.15) is 6.04 Å². The molecule has 0 radical (unpaired) electrons. The van der Waals surface area contributed by atoms with Gasteiger partial charge in [0, 0.05) is 19.0 Å². The number of amides is 1. The van der Waals surface area contributed by atoms with Crippen molar-refractivity contribution in [2.24, 2.45) is 5.92 Å². The van der Waals surface area contributed by atoms with Crippen LogP contribution in [0.15, 0.2) is 0 Å². The van der Waals surface area contributed by atoms with Gasteiger partial charge >= 0.3 is 5.97 Å². The molecule has 18 heavy (non-hydrogen) atoms. The average Bonchev–Trinajstić information content (AvgIpc) is 2.43. The van der Waals surface area contributed by atoms with Crippen molar-refractivity contribution in [2.45, 2.75) is 39.2 Å². The van der Waals surface area contributed by atoms with Gasteiger partial charge in [-0.05, 0) is 25.8 Å². The Balaban J connectivity index is 2.64. The second kappa shape index (κ2) is 7.36. The first kappa shape index (κ1) is 15.0. The fourth-order valence-electron chi connectivity index (χ4n) is 2.31. The molecule has 0 aromatic rings. The first-order valence-electron chi connectivity index (χ1n) is 6.70. The Morgan fingerprint density at radius 3 is 2.78 bits per heavy atom. The summed E-state index contributed by atoms with van der Waals surface area (Å²) in [5, 5.41) is 3.16. The number of nitrogens with one attached hydrogen (secondary N) is 1. The van der Waals surface area contributed by atoms with Crippen LogP contribution in [0.2, 0.25) is 0 Å². The molecular weight excluding hydrogens is 232 g/mol. The van der Waals surface area contributed by atoms with E-state index in [1.807, 2.05) is 13.8 Å². The highest BCUT2D eigenvalue weighted by atomic mass is 16.5. The molecule has 1 saturated heterocycles. The number of esters is 1. The van der Waals surface area contributed by atoms with Crippen LogP contribution < -0.4 is 5.32 Å². The summed E-state index contributed by atoms with van der Waals surface area (Å²) in [6.07, 6.45) is 2.66. The second-order valence-electron chi connectivity index (χ2n) is 4.78. The van der Waals surface area contributed by atoms with Crippen molar-refractivity contribution < 1.29 is 14.3 Å². The average molecular weight is 256 g/mol. The third-order valence-electron chi connectivity index (χ3n) is 3.38. The van der Waals surface area contributed by atoms with Gasteiger partial charge in [0.15, 0.2) is 0 Å². The molecule has 1 amide bonds. The van der Waals surface area contributed by atoms with Crippen molar-refractivity contribution in [2.75, 3.05) is 26.7 Å². The maximum atomic E-state index is 12.3. The summed E-state index contributed by atoms with van der Waals surface area (Å²) in [5.41, 5.74) is 0. The molecule has 0 aromatic carbocycles. The number of ether oxygens (including phenoxy) is 1. The van der Waals surface area contributed by atoms with Crippen LogP contribution in [0.5, 0.6) is 0 Å². The summed E-state index contributed by atoms with van der Waals surface area (Å²) in [6, 6.07) is -0.389. The fourth-order valence-corrected chi connectivity index (χ4v) is 2.31. The van der Waals surface area contributed by atoms with Gasteiger partial charge in [0.25, 0.3) is 0 Å². The van der Waals surface area contributed by atoms with E-state index in [9.17, 15) is 9.59 Å². The largest absolute Gasteiger partial charge is 0.467 e. The molecule has 1 aliphatic heterocycles. The number of likely N-dealkylation sites (tertiary alicyclic amines) is 1. The van der Waals surface area contributed by atoms with E-state index in [1.165, 1.54) is 7.11 Å². The van der Waals surface area contributed by atoms with E-state index >= 15 is 0 Å². The van der Waals surface area contributed by atoms with Crippen molar-refractivity contribution in [1.82, 2.24) is 10.2 Å². The minimum absolute atomic E-state index is 0.0473. The smallest absolute Gasteiger partial charge is 0.328 e. The highest BCUT2D eigenvalue weighted by molar-refractivity contribution is 5.86. The van der Waals surface area contributed by atoms with Gasteiger partial charge < -0.3 is 15.0 Å². The van der Waals surface area contributed by atoms with Gasteiger partial charge in [0.2, 0.25) is 5.91 Å². The van der Waals surface area contributed by atoms with Crippen LogP contribution in [0.4, 0.5) is 0 Å². The molecule has 5 nitrogen and oxygen atoms in total. The van der Waals surface area contributed by atoms with Crippen LogP contribution in [0.3, 0.4) is 0 Å². The SMILES string of the molecule is CCNCC(C)C(=O)N1CCCCC1C(=O)OC. The molecule has 1 fully saturated rings. The summed E-state index contributed by atoms with van der Waals surface area (Å²) >= 11 is 0. The molecule has 1 rings (SSSR count). The normalized spacial score (nSPS) is 21.5. The Hall–Kier alpha value is -1.10. The molecule has 2 atom stereocenters. The molecular formula is C13H24N2O3. The molecule has 0 aromatic heterocycles. The monoisotopic (exact) mass is 256 g/mol. The topological polar surface area (TPSA) is 58.6 Å². The Bertz CT molecular complexity index is 294. The van der Waals surface area contributed by atoms with Gasteiger partial charge in [-0.15, -0.1) is 0 Å². The first-order chi connectivity index (χ1) is 8.61. The number of methoxy groups -OCH3 is 1. The predicted molar refractivity (Wildman–Crippen MR) is 69.1 cm³/mol. The fraction of sp³-hybridized carbons (Fsp3) is 0.846. The van der Waals surface area contributed by atoms with Gasteiger partial charge in [-0.25, -0.2) is 4.79 Å². The van der Waals surface area contributed by atoms with E-state index in [1.54, 1.807) is 4.90 Å². The van der Waals surface area contributed by atoms with E-state index in [0.29, 0.717) is 19.5 Å². The lowest BCUT2D eigenvalue weighted by Crippen LogP contribution is -2.51. The van der Waals surface area contributed by atoms with Crippen molar-refractivity contribution in [3.05, 3.63) is 0 Å². The molecule has 0 spiro atoms. The van der Waals surface area contributed by atoms with Crippen molar-refractivity contribution in [3.63, 3.8) is 0 Å². The molecule has 2 unspecified atom stereocenters. The van der Waals surface area contributed by atoms with Crippen LogP contribution in [0, 0.1) is 5.92 Å². The van der Waals surface area contributed by atoms with Crippen molar-refractivity contribution in [3.8, 4) is 0 Å². The summed E-state index contributed by atoms with van der Waals surface area (Å²) in [5.74, 6) is -0.347. The summed E-state index contributed by atoms with van der Waals surface area (Å²) < 4.78 is 4.78. The number of rotatable bonds is 5. The Labute approximate surface area is 109 Å². The second-order valence-corrected chi connectivity index (χ2v) is 4.78. The quantitative estimate of drug-likeness (QED) is 0.739. The highest BCUT2D eigenvalue weighted by Gasteiger charge is 2.34. The maximum Gasteiger partial charge on any atom is 0.328 e. The number of carbonyl (C=O) groups is 2. The van der Waals surface area contributed by atoms with Crippen LogP contribution in [-0.2, 0) is 14.3 Å². The molecule has 0 aliphatic carbocycles. The van der Waals surface area contributed by atoms with E-state index in [0.717, 1.165) is 19.4 Å². The van der Waals surface area contributed by atoms with Gasteiger partial charge in [-0.3, -0.25) is 4.79 Å². The van der Waals surface area contributed by atoms with Gasteiger partial charge in [0.05, 0.1) is 7.11 Å². The number of hydrogen-bond acceptors (Lipinski definition) is 4. The minimum atomic E-state index is -0.389.